The Morgan fingerprint density at radius 3 is 2.76 bits per heavy atom. The highest BCUT2D eigenvalue weighted by Gasteiger charge is 2.37. The minimum absolute atomic E-state index is 0.210. The van der Waals surface area contributed by atoms with Gasteiger partial charge in [-0.05, 0) is 37.5 Å². The number of methoxy groups -OCH3 is 1. The zero-order valence-electron chi connectivity index (χ0n) is 10.3. The minimum Gasteiger partial charge on any atom is -0.494 e. The number of hydrogen-bond donors (Lipinski definition) is 0. The van der Waals surface area contributed by atoms with Crippen LogP contribution in [0, 0.1) is 5.82 Å². The van der Waals surface area contributed by atoms with Gasteiger partial charge in [0.05, 0.1) is 12.5 Å². The Kier molecular flexibility index (Phi) is 3.18. The molecule has 1 aromatic rings. The lowest BCUT2D eigenvalue weighted by molar-refractivity contribution is -0.125. The molecule has 0 aliphatic heterocycles. The van der Waals surface area contributed by atoms with Crippen molar-refractivity contribution < 1.29 is 13.9 Å². The van der Waals surface area contributed by atoms with Crippen molar-refractivity contribution in [2.24, 2.45) is 0 Å². The summed E-state index contributed by atoms with van der Waals surface area (Å²) in [5.41, 5.74) is 0.389. The molecule has 0 aromatic heterocycles. The number of ketones is 1. The van der Waals surface area contributed by atoms with Gasteiger partial charge < -0.3 is 4.74 Å². The Morgan fingerprint density at radius 1 is 1.35 bits per heavy atom. The second-order valence-electron chi connectivity index (χ2n) is 4.81. The quantitative estimate of drug-likeness (QED) is 0.788. The maximum absolute atomic E-state index is 13.3. The van der Waals surface area contributed by atoms with Crippen LogP contribution in [-0.4, -0.2) is 12.9 Å². The van der Waals surface area contributed by atoms with Crippen molar-refractivity contribution in [1.29, 1.82) is 0 Å². The monoisotopic (exact) mass is 236 g/mol. The first-order valence-electron chi connectivity index (χ1n) is 5.95. The zero-order chi connectivity index (χ0) is 12.5. The predicted octanol–water partition coefficient (Wildman–Crippen LogP) is 3.24. The number of ether oxygens (including phenoxy) is 1. The third-order valence-corrected chi connectivity index (χ3v) is 3.73. The van der Waals surface area contributed by atoms with Gasteiger partial charge >= 0.3 is 0 Å². The molecule has 0 amide bonds. The summed E-state index contributed by atoms with van der Waals surface area (Å²) in [4.78, 5) is 12.1. The summed E-state index contributed by atoms with van der Waals surface area (Å²) in [7, 11) is 1.44. The molecule has 0 saturated heterocycles. The second kappa shape index (κ2) is 4.47. The van der Waals surface area contributed by atoms with Crippen molar-refractivity contribution in [3.05, 3.63) is 29.6 Å². The van der Waals surface area contributed by atoms with Crippen molar-refractivity contribution in [1.82, 2.24) is 0 Å². The van der Waals surface area contributed by atoms with E-state index in [1.54, 1.807) is 12.1 Å². The number of hydrogen-bond acceptors (Lipinski definition) is 2. The Hall–Kier alpha value is -1.38. The molecule has 2 nitrogen and oxygen atoms in total. The van der Waals surface area contributed by atoms with E-state index in [4.69, 9.17) is 4.74 Å². The first-order valence-corrected chi connectivity index (χ1v) is 5.95. The number of halogens is 1. The van der Waals surface area contributed by atoms with Crippen LogP contribution in [0.1, 0.15) is 38.2 Å². The van der Waals surface area contributed by atoms with E-state index in [1.807, 2.05) is 6.92 Å². The van der Waals surface area contributed by atoms with Gasteiger partial charge in [0.15, 0.2) is 11.6 Å². The van der Waals surface area contributed by atoms with E-state index in [9.17, 15) is 9.18 Å². The van der Waals surface area contributed by atoms with Gasteiger partial charge in [-0.3, -0.25) is 4.79 Å². The van der Waals surface area contributed by atoms with Crippen LogP contribution in [-0.2, 0) is 10.2 Å². The van der Waals surface area contributed by atoms with Gasteiger partial charge in [-0.15, -0.1) is 0 Å². The van der Waals surface area contributed by atoms with Crippen molar-refractivity contribution in [2.45, 2.75) is 38.0 Å². The maximum Gasteiger partial charge on any atom is 0.165 e. The van der Waals surface area contributed by atoms with E-state index in [-0.39, 0.29) is 17.3 Å². The van der Waals surface area contributed by atoms with Gasteiger partial charge in [0.1, 0.15) is 5.78 Å². The summed E-state index contributed by atoms with van der Waals surface area (Å²) in [6, 6.07) is 4.72. The van der Waals surface area contributed by atoms with Crippen molar-refractivity contribution in [3.8, 4) is 5.75 Å². The van der Waals surface area contributed by atoms with Crippen LogP contribution in [0.2, 0.25) is 0 Å². The molecule has 0 bridgehead atoms. The molecule has 17 heavy (non-hydrogen) atoms. The van der Waals surface area contributed by atoms with Crippen LogP contribution < -0.4 is 4.74 Å². The number of rotatable bonds is 2. The fourth-order valence-electron chi connectivity index (χ4n) is 2.49. The summed E-state index contributed by atoms with van der Waals surface area (Å²) >= 11 is 0. The fourth-order valence-corrected chi connectivity index (χ4v) is 2.49. The molecule has 1 atom stereocenters. The van der Waals surface area contributed by atoms with E-state index in [0.717, 1.165) is 24.8 Å². The smallest absolute Gasteiger partial charge is 0.165 e. The average molecular weight is 236 g/mol. The van der Waals surface area contributed by atoms with Crippen LogP contribution in [0.15, 0.2) is 18.2 Å². The molecule has 3 heteroatoms. The third kappa shape index (κ3) is 2.06. The van der Waals surface area contributed by atoms with Gasteiger partial charge in [-0.25, -0.2) is 4.39 Å². The highest BCUT2D eigenvalue weighted by Crippen LogP contribution is 2.38. The lowest BCUT2D eigenvalue weighted by Crippen LogP contribution is -2.35. The molecular formula is C14H17FO2. The van der Waals surface area contributed by atoms with E-state index in [1.165, 1.54) is 13.2 Å². The topological polar surface area (TPSA) is 26.3 Å². The standard InChI is InChI=1S/C14H17FO2/c1-14(8-4-3-5-13(14)16)10-6-7-11(15)12(9-10)17-2/h6-7,9H,3-5,8H2,1-2H3. The molecule has 92 valence electrons. The van der Waals surface area contributed by atoms with Crippen LogP contribution in [0.5, 0.6) is 5.75 Å². The molecule has 0 heterocycles. The maximum atomic E-state index is 13.3. The highest BCUT2D eigenvalue weighted by molar-refractivity contribution is 5.90. The predicted molar refractivity (Wildman–Crippen MR) is 63.8 cm³/mol. The molecular weight excluding hydrogens is 219 g/mol. The number of carbonyl (C=O) groups is 1. The molecule has 1 fully saturated rings. The number of benzene rings is 1. The van der Waals surface area contributed by atoms with Crippen molar-refractivity contribution >= 4 is 5.78 Å². The average Bonchev–Trinajstić information content (AvgIpc) is 2.33. The van der Waals surface area contributed by atoms with Crippen molar-refractivity contribution in [2.75, 3.05) is 7.11 Å². The zero-order valence-corrected chi connectivity index (χ0v) is 10.3. The molecule has 2 rings (SSSR count). The Labute approximate surface area is 101 Å². The molecule has 1 saturated carbocycles. The van der Waals surface area contributed by atoms with E-state index < -0.39 is 5.41 Å². The molecule has 1 aliphatic rings. The second-order valence-corrected chi connectivity index (χ2v) is 4.81. The Bertz CT molecular complexity index is 442. The normalized spacial score (nSPS) is 24.8. The number of carbonyl (C=O) groups excluding carboxylic acids is 1. The third-order valence-electron chi connectivity index (χ3n) is 3.73. The number of Topliss-reactive ketones (excluding diaryl/α,β-unsaturated/α-hetero) is 1. The van der Waals surface area contributed by atoms with Crippen LogP contribution in [0.3, 0.4) is 0 Å². The van der Waals surface area contributed by atoms with Gasteiger partial charge in [-0.2, -0.15) is 0 Å². The van der Waals surface area contributed by atoms with Gasteiger partial charge in [0.25, 0.3) is 0 Å². The van der Waals surface area contributed by atoms with Crippen LogP contribution in [0.25, 0.3) is 0 Å². The largest absolute Gasteiger partial charge is 0.494 e. The van der Waals surface area contributed by atoms with E-state index in [2.05, 4.69) is 0 Å². The fraction of sp³-hybridized carbons (Fsp3) is 0.500. The molecule has 1 aliphatic carbocycles. The summed E-state index contributed by atoms with van der Waals surface area (Å²) in [6.45, 7) is 1.95. The molecule has 0 radical (unpaired) electrons. The summed E-state index contributed by atoms with van der Waals surface area (Å²) in [5, 5.41) is 0. The lowest BCUT2D eigenvalue weighted by atomic mass is 9.70. The Morgan fingerprint density at radius 2 is 2.12 bits per heavy atom. The van der Waals surface area contributed by atoms with Crippen molar-refractivity contribution in [3.63, 3.8) is 0 Å². The molecule has 1 aromatic carbocycles. The van der Waals surface area contributed by atoms with Crippen LogP contribution >= 0.6 is 0 Å². The van der Waals surface area contributed by atoms with Crippen LogP contribution in [0.4, 0.5) is 4.39 Å². The van der Waals surface area contributed by atoms with E-state index >= 15 is 0 Å². The van der Waals surface area contributed by atoms with Gasteiger partial charge in [-0.1, -0.05) is 12.5 Å². The SMILES string of the molecule is COc1cc(C2(C)CCCCC2=O)ccc1F. The van der Waals surface area contributed by atoms with E-state index in [0.29, 0.717) is 6.42 Å². The first kappa shape index (κ1) is 12.1. The molecule has 0 N–H and O–H groups in total. The summed E-state index contributed by atoms with van der Waals surface area (Å²) in [6.07, 6.45) is 3.46. The lowest BCUT2D eigenvalue weighted by Gasteiger charge is -2.32. The van der Waals surface area contributed by atoms with Gasteiger partial charge in [0.2, 0.25) is 0 Å². The highest BCUT2D eigenvalue weighted by atomic mass is 19.1. The molecule has 0 spiro atoms. The van der Waals surface area contributed by atoms with Gasteiger partial charge in [0, 0.05) is 6.42 Å². The first-order chi connectivity index (χ1) is 8.08. The minimum atomic E-state index is -0.473. The summed E-state index contributed by atoms with van der Waals surface area (Å²) < 4.78 is 18.3. The summed E-state index contributed by atoms with van der Waals surface area (Å²) in [5.74, 6) is 0.0719. The Balaban J connectivity index is 2.41. The molecule has 1 unspecified atom stereocenters.